The van der Waals surface area contributed by atoms with Crippen molar-refractivity contribution in [3.8, 4) is 0 Å². The van der Waals surface area contributed by atoms with Gasteiger partial charge in [0.1, 0.15) is 11.6 Å². The van der Waals surface area contributed by atoms with Gasteiger partial charge in [-0.1, -0.05) is 0 Å². The lowest BCUT2D eigenvalue weighted by atomic mass is 10.2. The second kappa shape index (κ2) is 8.03. The Bertz CT molecular complexity index is 555. The predicted octanol–water partition coefficient (Wildman–Crippen LogP) is 2.85. The zero-order valence-electron chi connectivity index (χ0n) is 13.9. The number of anilines is 1. The number of carbonyl (C=O) groups excluding carboxylic acids is 1. The predicted molar refractivity (Wildman–Crippen MR) is 89.9 cm³/mol. The third-order valence-electron chi connectivity index (χ3n) is 4.94. The van der Waals surface area contributed by atoms with Crippen LogP contribution in [0.1, 0.15) is 32.1 Å². The Morgan fingerprint density at radius 2 is 1.79 bits per heavy atom. The molecule has 2 heterocycles. The van der Waals surface area contributed by atoms with Gasteiger partial charge in [-0.25, -0.2) is 8.78 Å². The summed E-state index contributed by atoms with van der Waals surface area (Å²) in [6.07, 6.45) is 5.29. The largest absolute Gasteiger partial charge is 0.326 e. The first-order valence-electron chi connectivity index (χ1n) is 8.82. The number of amides is 1. The van der Waals surface area contributed by atoms with Crippen LogP contribution >= 0.6 is 0 Å². The highest BCUT2D eigenvalue weighted by Crippen LogP contribution is 2.21. The normalized spacial score (nSPS) is 22.2. The summed E-state index contributed by atoms with van der Waals surface area (Å²) in [5.41, 5.74) is 0.174. The number of likely N-dealkylation sites (tertiary alicyclic amines) is 2. The van der Waals surface area contributed by atoms with Gasteiger partial charge >= 0.3 is 0 Å². The third-order valence-corrected chi connectivity index (χ3v) is 4.94. The van der Waals surface area contributed by atoms with Crippen molar-refractivity contribution in [2.45, 2.75) is 38.1 Å². The van der Waals surface area contributed by atoms with Crippen molar-refractivity contribution in [3.05, 3.63) is 29.8 Å². The number of nitrogens with one attached hydrogen (secondary N) is 1. The first kappa shape index (κ1) is 17.3. The maximum atomic E-state index is 13.2. The molecule has 1 amide bonds. The molecule has 1 atom stereocenters. The molecule has 4 nitrogen and oxygen atoms in total. The van der Waals surface area contributed by atoms with Crippen LogP contribution in [-0.2, 0) is 4.79 Å². The minimum Gasteiger partial charge on any atom is -0.326 e. The standard InChI is InChI=1S/C18H25F2N3O/c19-14-10-15(20)12-16(11-14)21-18(24)5-9-23-8-3-4-17(23)13-22-6-1-2-7-22/h10-12,17H,1-9,13H2,(H,21,24)/t17-/m1/s1. The van der Waals surface area contributed by atoms with Crippen molar-refractivity contribution in [2.75, 3.05) is 38.0 Å². The van der Waals surface area contributed by atoms with Gasteiger partial charge in [0.25, 0.3) is 0 Å². The summed E-state index contributed by atoms with van der Waals surface area (Å²) < 4.78 is 26.3. The number of carbonyl (C=O) groups is 1. The number of benzene rings is 1. The Kier molecular flexibility index (Phi) is 5.79. The van der Waals surface area contributed by atoms with Gasteiger partial charge < -0.3 is 10.2 Å². The number of rotatable bonds is 6. The molecule has 2 aliphatic rings. The summed E-state index contributed by atoms with van der Waals surface area (Å²) in [6, 6.07) is 3.59. The number of hydrogen-bond donors (Lipinski definition) is 1. The summed E-state index contributed by atoms with van der Waals surface area (Å²) in [5.74, 6) is -1.57. The van der Waals surface area contributed by atoms with Gasteiger partial charge in [-0.05, 0) is 57.5 Å². The summed E-state index contributed by atoms with van der Waals surface area (Å²) in [6.45, 7) is 5.20. The van der Waals surface area contributed by atoms with Crippen molar-refractivity contribution < 1.29 is 13.6 Å². The summed E-state index contributed by atoms with van der Waals surface area (Å²) in [7, 11) is 0. The summed E-state index contributed by atoms with van der Waals surface area (Å²) in [4.78, 5) is 16.9. The second-order valence-corrected chi connectivity index (χ2v) is 6.80. The van der Waals surface area contributed by atoms with Crippen molar-refractivity contribution in [1.82, 2.24) is 9.80 Å². The van der Waals surface area contributed by atoms with E-state index in [0.717, 1.165) is 31.3 Å². The lowest BCUT2D eigenvalue weighted by Gasteiger charge is -2.28. The number of halogens is 2. The highest BCUT2D eigenvalue weighted by Gasteiger charge is 2.27. The van der Waals surface area contributed by atoms with Crippen molar-refractivity contribution >= 4 is 11.6 Å². The Balaban J connectivity index is 1.46. The average Bonchev–Trinajstić information content (AvgIpc) is 3.16. The Morgan fingerprint density at radius 1 is 1.08 bits per heavy atom. The lowest BCUT2D eigenvalue weighted by Crippen LogP contribution is -2.40. The quantitative estimate of drug-likeness (QED) is 0.867. The molecule has 1 aromatic rings. The van der Waals surface area contributed by atoms with Gasteiger partial charge in [0, 0.05) is 37.3 Å². The molecule has 0 aliphatic carbocycles. The van der Waals surface area contributed by atoms with E-state index in [1.54, 1.807) is 0 Å². The van der Waals surface area contributed by atoms with Crippen molar-refractivity contribution in [3.63, 3.8) is 0 Å². The van der Waals surface area contributed by atoms with Gasteiger partial charge in [-0.15, -0.1) is 0 Å². The minimum atomic E-state index is -0.685. The highest BCUT2D eigenvalue weighted by molar-refractivity contribution is 5.90. The molecular weight excluding hydrogens is 312 g/mol. The Labute approximate surface area is 141 Å². The van der Waals surface area contributed by atoms with E-state index in [4.69, 9.17) is 0 Å². The van der Waals surface area contributed by atoms with Crippen LogP contribution in [0.4, 0.5) is 14.5 Å². The molecule has 0 aromatic heterocycles. The second-order valence-electron chi connectivity index (χ2n) is 6.80. The molecule has 0 unspecified atom stereocenters. The Hall–Kier alpha value is -1.53. The van der Waals surface area contributed by atoms with E-state index in [0.29, 0.717) is 19.0 Å². The van der Waals surface area contributed by atoms with Crippen molar-refractivity contribution in [2.24, 2.45) is 0 Å². The zero-order valence-corrected chi connectivity index (χ0v) is 13.9. The van der Waals surface area contributed by atoms with E-state index in [1.165, 1.54) is 38.8 Å². The van der Waals surface area contributed by atoms with E-state index < -0.39 is 11.6 Å². The Morgan fingerprint density at radius 3 is 2.50 bits per heavy atom. The molecular formula is C18H25F2N3O. The van der Waals surface area contributed by atoms with Crippen LogP contribution < -0.4 is 5.32 Å². The van der Waals surface area contributed by atoms with E-state index in [1.807, 2.05) is 0 Å². The fourth-order valence-corrected chi connectivity index (χ4v) is 3.75. The topological polar surface area (TPSA) is 35.6 Å². The lowest BCUT2D eigenvalue weighted by molar-refractivity contribution is -0.116. The maximum Gasteiger partial charge on any atom is 0.225 e. The SMILES string of the molecule is O=C(CCN1CCC[C@@H]1CN1CCCC1)Nc1cc(F)cc(F)c1. The molecule has 3 rings (SSSR count). The van der Waals surface area contributed by atoms with Crippen LogP contribution in [-0.4, -0.2) is 54.5 Å². The maximum absolute atomic E-state index is 13.2. The highest BCUT2D eigenvalue weighted by atomic mass is 19.1. The molecule has 1 aromatic carbocycles. The van der Waals surface area contributed by atoms with E-state index in [2.05, 4.69) is 15.1 Å². The molecule has 2 saturated heterocycles. The molecule has 6 heteroatoms. The van der Waals surface area contributed by atoms with Crippen LogP contribution in [0.2, 0.25) is 0 Å². The zero-order chi connectivity index (χ0) is 16.9. The molecule has 2 aliphatic heterocycles. The smallest absolute Gasteiger partial charge is 0.225 e. The van der Waals surface area contributed by atoms with Gasteiger partial charge in [-0.3, -0.25) is 9.69 Å². The average molecular weight is 337 g/mol. The van der Waals surface area contributed by atoms with E-state index in [-0.39, 0.29) is 11.6 Å². The molecule has 0 spiro atoms. The molecule has 0 radical (unpaired) electrons. The van der Waals surface area contributed by atoms with E-state index in [9.17, 15) is 13.6 Å². The molecule has 0 saturated carbocycles. The van der Waals surface area contributed by atoms with Crippen LogP contribution in [0.25, 0.3) is 0 Å². The third kappa shape index (κ3) is 4.74. The van der Waals surface area contributed by atoms with Gasteiger partial charge in [-0.2, -0.15) is 0 Å². The fourth-order valence-electron chi connectivity index (χ4n) is 3.75. The number of hydrogen-bond acceptors (Lipinski definition) is 3. The van der Waals surface area contributed by atoms with Gasteiger partial charge in [0.05, 0.1) is 0 Å². The molecule has 132 valence electrons. The van der Waals surface area contributed by atoms with Crippen LogP contribution in [0.15, 0.2) is 18.2 Å². The first-order chi connectivity index (χ1) is 11.6. The molecule has 1 N–H and O–H groups in total. The summed E-state index contributed by atoms with van der Waals surface area (Å²) >= 11 is 0. The first-order valence-corrected chi connectivity index (χ1v) is 8.82. The van der Waals surface area contributed by atoms with Gasteiger partial charge in [0.15, 0.2) is 0 Å². The minimum absolute atomic E-state index is 0.174. The van der Waals surface area contributed by atoms with Gasteiger partial charge in [0.2, 0.25) is 5.91 Å². The monoisotopic (exact) mass is 337 g/mol. The number of nitrogens with zero attached hydrogens (tertiary/aromatic N) is 2. The van der Waals surface area contributed by atoms with Crippen LogP contribution in [0, 0.1) is 11.6 Å². The fraction of sp³-hybridized carbons (Fsp3) is 0.611. The summed E-state index contributed by atoms with van der Waals surface area (Å²) in [5, 5.41) is 2.58. The molecule has 2 fully saturated rings. The van der Waals surface area contributed by atoms with Crippen LogP contribution in [0.5, 0.6) is 0 Å². The van der Waals surface area contributed by atoms with Crippen LogP contribution in [0.3, 0.4) is 0 Å². The van der Waals surface area contributed by atoms with Crippen molar-refractivity contribution in [1.29, 1.82) is 0 Å². The molecule has 0 bridgehead atoms. The van der Waals surface area contributed by atoms with E-state index >= 15 is 0 Å². The molecule has 24 heavy (non-hydrogen) atoms.